The molecule has 0 aromatic heterocycles. The molecule has 1 unspecified atom stereocenters. The molecular formula is C13H16N2O5. The number of carbonyl (C=O) groups excluding carboxylic acids is 3. The maximum absolute atomic E-state index is 11.5. The number of hydrogen-bond acceptors (Lipinski definition) is 5. The van der Waals surface area contributed by atoms with Gasteiger partial charge in [0.25, 0.3) is 5.91 Å². The highest BCUT2D eigenvalue weighted by Crippen LogP contribution is 2.28. The van der Waals surface area contributed by atoms with Crippen molar-refractivity contribution in [3.63, 3.8) is 0 Å². The van der Waals surface area contributed by atoms with Gasteiger partial charge in [-0.1, -0.05) is 0 Å². The van der Waals surface area contributed by atoms with Gasteiger partial charge in [-0.15, -0.1) is 0 Å². The minimum atomic E-state index is -0.952. The molecule has 7 heteroatoms. The molecule has 0 spiro atoms. The zero-order chi connectivity index (χ0) is 15.1. The molecule has 1 aromatic carbocycles. The molecule has 1 aromatic rings. The molecule has 0 saturated carbocycles. The van der Waals surface area contributed by atoms with E-state index in [2.05, 4.69) is 0 Å². The largest absolute Gasteiger partial charge is 0.490 e. The van der Waals surface area contributed by atoms with Gasteiger partial charge >= 0.3 is 6.03 Å². The third-order valence-corrected chi connectivity index (χ3v) is 2.32. The van der Waals surface area contributed by atoms with Crippen molar-refractivity contribution in [2.75, 3.05) is 6.61 Å². The third kappa shape index (κ3) is 4.27. The van der Waals surface area contributed by atoms with Crippen LogP contribution in [0.2, 0.25) is 0 Å². The number of aldehydes is 1. The molecule has 7 nitrogen and oxygen atoms in total. The van der Waals surface area contributed by atoms with Crippen molar-refractivity contribution in [1.82, 2.24) is 5.32 Å². The van der Waals surface area contributed by atoms with Crippen LogP contribution >= 0.6 is 0 Å². The first-order valence-electron chi connectivity index (χ1n) is 5.97. The van der Waals surface area contributed by atoms with E-state index < -0.39 is 18.0 Å². The first-order chi connectivity index (χ1) is 9.47. The third-order valence-electron chi connectivity index (χ3n) is 2.32. The van der Waals surface area contributed by atoms with E-state index in [9.17, 15) is 14.4 Å². The molecular weight excluding hydrogens is 264 g/mol. The summed E-state index contributed by atoms with van der Waals surface area (Å²) in [6.07, 6.45) is -0.265. The van der Waals surface area contributed by atoms with E-state index in [1.54, 1.807) is 6.92 Å². The van der Waals surface area contributed by atoms with E-state index in [0.29, 0.717) is 30.0 Å². The first kappa shape index (κ1) is 15.5. The Morgan fingerprint density at radius 3 is 2.65 bits per heavy atom. The van der Waals surface area contributed by atoms with Crippen LogP contribution in [0, 0.1) is 0 Å². The van der Waals surface area contributed by atoms with E-state index in [1.165, 1.54) is 25.1 Å². The highest BCUT2D eigenvalue weighted by Gasteiger charge is 2.18. The lowest BCUT2D eigenvalue weighted by atomic mass is 10.2. The minimum Gasteiger partial charge on any atom is -0.490 e. The average molecular weight is 280 g/mol. The smallest absolute Gasteiger partial charge is 0.318 e. The van der Waals surface area contributed by atoms with Gasteiger partial charge in [0.15, 0.2) is 17.6 Å². The molecule has 0 bridgehead atoms. The second-order valence-electron chi connectivity index (χ2n) is 3.87. The summed E-state index contributed by atoms with van der Waals surface area (Å²) < 4.78 is 10.7. The molecule has 0 aliphatic rings. The Hall–Kier alpha value is -2.57. The van der Waals surface area contributed by atoms with Crippen LogP contribution in [0.25, 0.3) is 0 Å². The van der Waals surface area contributed by atoms with Gasteiger partial charge < -0.3 is 15.2 Å². The van der Waals surface area contributed by atoms with Crippen LogP contribution < -0.4 is 20.5 Å². The van der Waals surface area contributed by atoms with Gasteiger partial charge in [-0.05, 0) is 32.0 Å². The zero-order valence-corrected chi connectivity index (χ0v) is 11.2. The Morgan fingerprint density at radius 2 is 2.10 bits per heavy atom. The van der Waals surface area contributed by atoms with Crippen molar-refractivity contribution in [2.45, 2.75) is 20.0 Å². The van der Waals surface area contributed by atoms with Crippen molar-refractivity contribution in [2.24, 2.45) is 5.73 Å². The number of nitrogens with one attached hydrogen (secondary N) is 1. The lowest BCUT2D eigenvalue weighted by Crippen LogP contribution is -2.42. The molecule has 20 heavy (non-hydrogen) atoms. The highest BCUT2D eigenvalue weighted by molar-refractivity contribution is 5.95. The van der Waals surface area contributed by atoms with Crippen LogP contribution in [0.1, 0.15) is 24.2 Å². The normalized spacial score (nSPS) is 11.3. The Balaban J connectivity index is 2.87. The molecule has 0 heterocycles. The summed E-state index contributed by atoms with van der Waals surface area (Å²) in [6, 6.07) is 3.60. The standard InChI is InChI=1S/C13H16N2O5/c1-3-19-11-6-9(7-16)4-5-10(11)20-8(2)12(17)15-13(14)18/h4-8H,3H2,1-2H3,(H3,14,15,17,18). The van der Waals surface area contributed by atoms with Gasteiger partial charge in [0.1, 0.15) is 6.29 Å². The van der Waals surface area contributed by atoms with Crippen molar-refractivity contribution < 1.29 is 23.9 Å². The summed E-state index contributed by atoms with van der Waals surface area (Å²) in [5, 5.41) is 1.91. The van der Waals surface area contributed by atoms with Crippen molar-refractivity contribution >= 4 is 18.2 Å². The van der Waals surface area contributed by atoms with Gasteiger partial charge in [-0.2, -0.15) is 0 Å². The topological polar surface area (TPSA) is 108 Å². The van der Waals surface area contributed by atoms with Gasteiger partial charge in [-0.3, -0.25) is 14.9 Å². The highest BCUT2D eigenvalue weighted by atomic mass is 16.5. The Kier molecular flexibility index (Phi) is 5.52. The van der Waals surface area contributed by atoms with Gasteiger partial charge in [-0.25, -0.2) is 4.79 Å². The predicted molar refractivity (Wildman–Crippen MR) is 70.8 cm³/mol. The zero-order valence-electron chi connectivity index (χ0n) is 11.2. The van der Waals surface area contributed by atoms with Crippen LogP contribution in [0.5, 0.6) is 11.5 Å². The first-order valence-corrected chi connectivity index (χ1v) is 5.97. The second kappa shape index (κ2) is 7.13. The molecule has 0 aliphatic carbocycles. The predicted octanol–water partition coefficient (Wildman–Crippen LogP) is 0.860. The number of urea groups is 1. The lowest BCUT2D eigenvalue weighted by Gasteiger charge is -2.16. The number of primary amides is 1. The maximum atomic E-state index is 11.5. The van der Waals surface area contributed by atoms with Crippen molar-refractivity contribution in [3.8, 4) is 11.5 Å². The molecule has 0 fully saturated rings. The van der Waals surface area contributed by atoms with E-state index in [4.69, 9.17) is 15.2 Å². The molecule has 0 aliphatic heterocycles. The fourth-order valence-electron chi connectivity index (χ4n) is 1.43. The maximum Gasteiger partial charge on any atom is 0.318 e. The summed E-state index contributed by atoms with van der Waals surface area (Å²) in [4.78, 5) is 32.8. The lowest BCUT2D eigenvalue weighted by molar-refractivity contribution is -0.126. The molecule has 0 radical (unpaired) electrons. The van der Waals surface area contributed by atoms with Crippen molar-refractivity contribution in [1.29, 1.82) is 0 Å². The van der Waals surface area contributed by atoms with Crippen LogP contribution in [-0.2, 0) is 4.79 Å². The summed E-state index contributed by atoms with van der Waals surface area (Å²) in [7, 11) is 0. The second-order valence-corrected chi connectivity index (χ2v) is 3.87. The van der Waals surface area contributed by atoms with Crippen LogP contribution in [-0.4, -0.2) is 30.9 Å². The number of ether oxygens (including phenoxy) is 2. The molecule has 3 amide bonds. The number of hydrogen-bond donors (Lipinski definition) is 2. The number of carbonyl (C=O) groups is 3. The number of benzene rings is 1. The minimum absolute atomic E-state index is 0.296. The van der Waals surface area contributed by atoms with E-state index in [0.717, 1.165) is 0 Å². The van der Waals surface area contributed by atoms with Crippen molar-refractivity contribution in [3.05, 3.63) is 23.8 Å². The van der Waals surface area contributed by atoms with Gasteiger partial charge in [0.05, 0.1) is 6.61 Å². The number of imide groups is 1. The summed E-state index contributed by atoms with van der Waals surface area (Å²) in [5.74, 6) is -0.0280. The molecule has 0 saturated heterocycles. The monoisotopic (exact) mass is 280 g/mol. The summed E-state index contributed by atoms with van der Waals surface area (Å²) in [6.45, 7) is 3.61. The molecule has 1 rings (SSSR count). The van der Waals surface area contributed by atoms with E-state index in [1.807, 2.05) is 5.32 Å². The van der Waals surface area contributed by atoms with E-state index >= 15 is 0 Å². The number of rotatable bonds is 6. The number of amides is 3. The fourth-order valence-corrected chi connectivity index (χ4v) is 1.43. The molecule has 108 valence electrons. The van der Waals surface area contributed by atoms with Crippen LogP contribution in [0.15, 0.2) is 18.2 Å². The summed E-state index contributed by atoms with van der Waals surface area (Å²) >= 11 is 0. The Morgan fingerprint density at radius 1 is 1.40 bits per heavy atom. The summed E-state index contributed by atoms with van der Waals surface area (Å²) in [5.41, 5.74) is 5.28. The fraction of sp³-hybridized carbons (Fsp3) is 0.308. The SMILES string of the molecule is CCOc1cc(C=O)ccc1OC(C)C(=O)NC(N)=O. The number of nitrogens with two attached hydrogens (primary N) is 1. The van der Waals surface area contributed by atoms with E-state index in [-0.39, 0.29) is 0 Å². The molecule has 3 N–H and O–H groups in total. The van der Waals surface area contributed by atoms with Gasteiger partial charge in [0.2, 0.25) is 0 Å². The Labute approximate surface area is 116 Å². The quantitative estimate of drug-likeness (QED) is 0.751. The Bertz CT molecular complexity index is 515. The molecule has 1 atom stereocenters. The van der Waals surface area contributed by atoms with Crippen LogP contribution in [0.4, 0.5) is 4.79 Å². The van der Waals surface area contributed by atoms with Gasteiger partial charge in [0, 0.05) is 5.56 Å². The average Bonchev–Trinajstić information content (AvgIpc) is 2.40. The van der Waals surface area contributed by atoms with Crippen LogP contribution in [0.3, 0.4) is 0 Å².